The van der Waals surface area contributed by atoms with Crippen LogP contribution in [0.1, 0.15) is 24.3 Å². The van der Waals surface area contributed by atoms with Gasteiger partial charge in [0.05, 0.1) is 4.92 Å². The third-order valence-corrected chi connectivity index (χ3v) is 2.93. The number of hydrogen-bond acceptors (Lipinski definition) is 6. The van der Waals surface area contributed by atoms with Crippen LogP contribution in [0.2, 0.25) is 0 Å². The number of benzene rings is 1. The summed E-state index contributed by atoms with van der Waals surface area (Å²) >= 11 is 0. The van der Waals surface area contributed by atoms with Gasteiger partial charge in [0, 0.05) is 29.6 Å². The Bertz CT molecular complexity index is 667. The Labute approximate surface area is 126 Å². The minimum atomic E-state index is -0.887. The van der Waals surface area contributed by atoms with Crippen molar-refractivity contribution in [3.05, 3.63) is 64.0 Å². The lowest BCUT2D eigenvalue weighted by molar-refractivity contribution is -0.384. The van der Waals surface area contributed by atoms with Crippen molar-refractivity contribution in [2.75, 3.05) is 0 Å². The van der Waals surface area contributed by atoms with Crippen LogP contribution < -0.4 is 4.74 Å². The third kappa shape index (κ3) is 4.02. The summed E-state index contributed by atoms with van der Waals surface area (Å²) in [5.41, 5.74) is 1.52. The van der Waals surface area contributed by atoms with E-state index in [1.165, 1.54) is 24.3 Å². The second-order valence-corrected chi connectivity index (χ2v) is 4.60. The van der Waals surface area contributed by atoms with E-state index in [0.29, 0.717) is 0 Å². The van der Waals surface area contributed by atoms with Crippen LogP contribution in [0.3, 0.4) is 0 Å². The number of nitro benzene ring substituents is 1. The maximum absolute atomic E-state index is 11.7. The van der Waals surface area contributed by atoms with E-state index in [2.05, 4.69) is 4.98 Å². The number of pyridine rings is 1. The summed E-state index contributed by atoms with van der Waals surface area (Å²) in [6.45, 7) is 3.56. The number of aryl methyl sites for hydroxylation is 1. The number of hydrogen-bond donors (Lipinski definition) is 0. The maximum atomic E-state index is 11.7. The molecule has 114 valence electrons. The van der Waals surface area contributed by atoms with Gasteiger partial charge in [0.15, 0.2) is 0 Å². The van der Waals surface area contributed by atoms with Crippen molar-refractivity contribution in [2.24, 2.45) is 0 Å². The molecule has 2 rings (SSSR count). The molecule has 0 spiro atoms. The first-order valence-corrected chi connectivity index (χ1v) is 6.51. The average Bonchev–Trinajstić information content (AvgIpc) is 2.48. The molecule has 0 aliphatic heterocycles. The molecule has 7 nitrogen and oxygen atoms in total. The molecule has 0 bridgehead atoms. The number of carbonyl (C=O) groups excluding carboxylic acids is 1. The molecule has 0 N–H and O–H groups in total. The van der Waals surface area contributed by atoms with Gasteiger partial charge in [0.2, 0.25) is 0 Å². The van der Waals surface area contributed by atoms with Crippen molar-refractivity contribution in [1.29, 1.82) is 0 Å². The van der Waals surface area contributed by atoms with E-state index in [1.54, 1.807) is 13.1 Å². The van der Waals surface area contributed by atoms with E-state index in [0.717, 1.165) is 11.3 Å². The summed E-state index contributed by atoms with van der Waals surface area (Å²) in [6, 6.07) is 8.78. The standard InChI is InChI=1S/C15H14N2O5/c1-10-3-4-12(9-16-10)11(2)21-15(18)22-14-7-5-13(6-8-14)17(19)20/h3-9,11H,1-2H3/t11-/m1/s1. The van der Waals surface area contributed by atoms with Gasteiger partial charge in [-0.3, -0.25) is 15.1 Å². The molecular weight excluding hydrogens is 288 g/mol. The zero-order chi connectivity index (χ0) is 16.1. The summed E-state index contributed by atoms with van der Waals surface area (Å²) in [6.07, 6.45) is 0.222. The SMILES string of the molecule is Cc1ccc([C@@H](C)OC(=O)Oc2ccc([N+](=O)[O-])cc2)cn1. The summed E-state index contributed by atoms with van der Waals surface area (Å²) < 4.78 is 10.1. The Hall–Kier alpha value is -2.96. The van der Waals surface area contributed by atoms with Crippen molar-refractivity contribution in [3.8, 4) is 5.75 Å². The van der Waals surface area contributed by atoms with Crippen LogP contribution in [-0.4, -0.2) is 16.1 Å². The molecule has 1 atom stereocenters. The topological polar surface area (TPSA) is 91.6 Å². The Morgan fingerprint density at radius 2 is 1.91 bits per heavy atom. The largest absolute Gasteiger partial charge is 0.514 e. The van der Waals surface area contributed by atoms with Crippen LogP contribution in [0.25, 0.3) is 0 Å². The molecular formula is C15H14N2O5. The second-order valence-electron chi connectivity index (χ2n) is 4.60. The molecule has 0 aliphatic carbocycles. The van der Waals surface area contributed by atoms with Gasteiger partial charge in [-0.25, -0.2) is 4.79 Å². The second kappa shape index (κ2) is 6.66. The molecule has 7 heteroatoms. The highest BCUT2D eigenvalue weighted by atomic mass is 16.7. The number of nitrogens with zero attached hydrogens (tertiary/aromatic N) is 2. The molecule has 0 radical (unpaired) electrons. The van der Waals surface area contributed by atoms with E-state index in [-0.39, 0.29) is 11.4 Å². The van der Waals surface area contributed by atoms with Crippen LogP contribution in [-0.2, 0) is 4.74 Å². The monoisotopic (exact) mass is 302 g/mol. The Balaban J connectivity index is 1.94. The van der Waals surface area contributed by atoms with Gasteiger partial charge in [-0.05, 0) is 32.0 Å². The van der Waals surface area contributed by atoms with E-state index < -0.39 is 17.2 Å². The van der Waals surface area contributed by atoms with Crippen molar-refractivity contribution in [1.82, 2.24) is 4.98 Å². The minimum absolute atomic E-state index is 0.0835. The smallest absolute Gasteiger partial charge is 0.426 e. The number of rotatable bonds is 4. The zero-order valence-corrected chi connectivity index (χ0v) is 12.1. The van der Waals surface area contributed by atoms with Gasteiger partial charge in [0.25, 0.3) is 5.69 Å². The lowest BCUT2D eigenvalue weighted by Crippen LogP contribution is -2.13. The van der Waals surface area contributed by atoms with Gasteiger partial charge >= 0.3 is 6.16 Å². The molecule has 2 aromatic rings. The quantitative estimate of drug-likeness (QED) is 0.371. The molecule has 0 amide bonds. The Morgan fingerprint density at radius 1 is 1.23 bits per heavy atom. The lowest BCUT2D eigenvalue weighted by atomic mass is 10.2. The van der Waals surface area contributed by atoms with Crippen molar-refractivity contribution < 1.29 is 19.2 Å². The number of aromatic nitrogens is 1. The Kier molecular flexibility index (Phi) is 4.67. The van der Waals surface area contributed by atoms with Gasteiger partial charge in [-0.1, -0.05) is 6.07 Å². The van der Waals surface area contributed by atoms with Gasteiger partial charge in [0.1, 0.15) is 11.9 Å². The molecule has 0 saturated heterocycles. The predicted molar refractivity (Wildman–Crippen MR) is 77.6 cm³/mol. The summed E-state index contributed by atoms with van der Waals surface area (Å²) in [7, 11) is 0. The first-order valence-electron chi connectivity index (χ1n) is 6.51. The fourth-order valence-corrected chi connectivity index (χ4v) is 1.69. The normalized spacial score (nSPS) is 11.5. The number of ether oxygens (including phenoxy) is 2. The van der Waals surface area contributed by atoms with Crippen LogP contribution in [0.4, 0.5) is 10.5 Å². The highest BCUT2D eigenvalue weighted by Gasteiger charge is 2.14. The average molecular weight is 302 g/mol. The van der Waals surface area contributed by atoms with E-state index in [9.17, 15) is 14.9 Å². The van der Waals surface area contributed by atoms with Crippen LogP contribution >= 0.6 is 0 Å². The van der Waals surface area contributed by atoms with Gasteiger partial charge in [-0.15, -0.1) is 0 Å². The molecule has 1 aromatic heterocycles. The number of non-ortho nitro benzene ring substituents is 1. The zero-order valence-electron chi connectivity index (χ0n) is 12.1. The van der Waals surface area contributed by atoms with Crippen molar-refractivity contribution >= 4 is 11.8 Å². The lowest BCUT2D eigenvalue weighted by Gasteiger charge is -2.13. The van der Waals surface area contributed by atoms with E-state index >= 15 is 0 Å². The number of carbonyl (C=O) groups is 1. The van der Waals surface area contributed by atoms with Crippen LogP contribution in [0.15, 0.2) is 42.6 Å². The van der Waals surface area contributed by atoms with Crippen molar-refractivity contribution in [2.45, 2.75) is 20.0 Å². The molecule has 1 aromatic carbocycles. The maximum Gasteiger partial charge on any atom is 0.514 e. The van der Waals surface area contributed by atoms with Crippen LogP contribution in [0, 0.1) is 17.0 Å². The fraction of sp³-hybridized carbons (Fsp3) is 0.200. The predicted octanol–water partition coefficient (Wildman–Crippen LogP) is 3.57. The highest BCUT2D eigenvalue weighted by molar-refractivity contribution is 5.64. The first-order chi connectivity index (χ1) is 10.5. The molecule has 22 heavy (non-hydrogen) atoms. The van der Waals surface area contributed by atoms with E-state index in [1.807, 2.05) is 19.1 Å². The Morgan fingerprint density at radius 3 is 2.45 bits per heavy atom. The first kappa shape index (κ1) is 15.4. The molecule has 0 aliphatic rings. The molecule has 0 saturated carbocycles. The highest BCUT2D eigenvalue weighted by Crippen LogP contribution is 2.20. The minimum Gasteiger partial charge on any atom is -0.426 e. The molecule has 0 fully saturated rings. The number of nitro groups is 1. The summed E-state index contributed by atoms with van der Waals surface area (Å²) in [4.78, 5) is 25.8. The summed E-state index contributed by atoms with van der Waals surface area (Å²) in [5.74, 6) is 0.171. The molecule has 0 unspecified atom stereocenters. The summed E-state index contributed by atoms with van der Waals surface area (Å²) in [5, 5.41) is 10.5. The van der Waals surface area contributed by atoms with Crippen molar-refractivity contribution in [3.63, 3.8) is 0 Å². The van der Waals surface area contributed by atoms with Gasteiger partial charge in [-0.2, -0.15) is 0 Å². The van der Waals surface area contributed by atoms with Crippen LogP contribution in [0.5, 0.6) is 5.75 Å². The van der Waals surface area contributed by atoms with Gasteiger partial charge < -0.3 is 9.47 Å². The molecule has 1 heterocycles. The van der Waals surface area contributed by atoms with E-state index in [4.69, 9.17) is 9.47 Å². The fourth-order valence-electron chi connectivity index (χ4n) is 1.69. The third-order valence-electron chi connectivity index (χ3n) is 2.93.